The van der Waals surface area contributed by atoms with E-state index in [-0.39, 0.29) is 11.4 Å². The van der Waals surface area contributed by atoms with Crippen molar-refractivity contribution in [3.05, 3.63) is 41.0 Å². The third-order valence-corrected chi connectivity index (χ3v) is 2.17. The van der Waals surface area contributed by atoms with E-state index in [0.717, 1.165) is 11.1 Å². The summed E-state index contributed by atoms with van der Waals surface area (Å²) in [5.41, 5.74) is 2.25. The summed E-state index contributed by atoms with van der Waals surface area (Å²) >= 11 is 0. The van der Waals surface area contributed by atoms with Crippen LogP contribution < -0.4 is 0 Å². The number of ketones is 1. The van der Waals surface area contributed by atoms with Gasteiger partial charge in [-0.05, 0) is 17.2 Å². The van der Waals surface area contributed by atoms with E-state index in [0.29, 0.717) is 12.7 Å². The number of fused-ring (bicyclic) bond motifs is 1. The molecule has 0 saturated carbocycles. The molecule has 0 unspecified atom stereocenters. The second-order valence-corrected chi connectivity index (χ2v) is 3.02. The zero-order chi connectivity index (χ0) is 9.26. The smallest absolute Gasteiger partial charge is 0.170 e. The van der Waals surface area contributed by atoms with Gasteiger partial charge in [-0.15, -0.1) is 0 Å². The van der Waals surface area contributed by atoms with Crippen LogP contribution in [-0.2, 0) is 16.0 Å². The number of hydrogen-bond donors (Lipinski definition) is 0. The number of allylic oxidation sites excluding steroid dienone is 1. The minimum absolute atomic E-state index is 0.0892. The molecule has 1 aromatic carbocycles. The van der Waals surface area contributed by atoms with Crippen LogP contribution in [0.15, 0.2) is 29.8 Å². The average molecular weight is 172 g/mol. The van der Waals surface area contributed by atoms with Crippen molar-refractivity contribution < 1.29 is 9.59 Å². The van der Waals surface area contributed by atoms with E-state index in [1.165, 1.54) is 0 Å². The summed E-state index contributed by atoms with van der Waals surface area (Å²) in [6, 6.07) is 7.61. The van der Waals surface area contributed by atoms with Crippen LogP contribution in [0.5, 0.6) is 0 Å². The molecule has 0 spiro atoms. The standard InChI is InChI=1S/C11H8O2/c12-7-10-5-8-3-1-2-4-9(8)6-11(10)13/h1-5,7H,6H2. The Labute approximate surface area is 75.9 Å². The molecule has 0 bridgehead atoms. The highest BCUT2D eigenvalue weighted by Crippen LogP contribution is 2.19. The van der Waals surface area contributed by atoms with E-state index < -0.39 is 0 Å². The fourth-order valence-electron chi connectivity index (χ4n) is 1.46. The van der Waals surface area contributed by atoms with Crippen LogP contribution >= 0.6 is 0 Å². The van der Waals surface area contributed by atoms with Gasteiger partial charge in [0.25, 0.3) is 0 Å². The minimum Gasteiger partial charge on any atom is -0.298 e. The van der Waals surface area contributed by atoms with Crippen molar-refractivity contribution in [3.63, 3.8) is 0 Å². The maximum absolute atomic E-state index is 11.3. The van der Waals surface area contributed by atoms with Gasteiger partial charge in [0.15, 0.2) is 12.1 Å². The summed E-state index contributed by atoms with van der Waals surface area (Å²) in [7, 11) is 0. The summed E-state index contributed by atoms with van der Waals surface area (Å²) in [4.78, 5) is 21.8. The number of carbonyl (C=O) groups excluding carboxylic acids is 2. The van der Waals surface area contributed by atoms with Gasteiger partial charge in [-0.2, -0.15) is 0 Å². The van der Waals surface area contributed by atoms with Gasteiger partial charge in [0.1, 0.15) is 0 Å². The van der Waals surface area contributed by atoms with Gasteiger partial charge in [0, 0.05) is 6.42 Å². The first-order chi connectivity index (χ1) is 6.31. The fraction of sp³-hybridized carbons (Fsp3) is 0.0909. The van der Waals surface area contributed by atoms with Crippen LogP contribution in [0, 0.1) is 0 Å². The molecule has 1 aliphatic carbocycles. The normalized spacial score (nSPS) is 14.8. The summed E-state index contributed by atoms with van der Waals surface area (Å²) in [6.45, 7) is 0. The first-order valence-corrected chi connectivity index (χ1v) is 4.09. The molecular weight excluding hydrogens is 164 g/mol. The highest BCUT2D eigenvalue weighted by atomic mass is 16.1. The van der Waals surface area contributed by atoms with Crippen molar-refractivity contribution in [1.82, 2.24) is 0 Å². The van der Waals surface area contributed by atoms with Gasteiger partial charge in [0.05, 0.1) is 5.57 Å². The molecular formula is C11H8O2. The van der Waals surface area contributed by atoms with E-state index >= 15 is 0 Å². The molecule has 0 aliphatic heterocycles. The summed E-state index contributed by atoms with van der Waals surface area (Å²) < 4.78 is 0. The van der Waals surface area contributed by atoms with Gasteiger partial charge in [-0.3, -0.25) is 9.59 Å². The molecule has 1 aromatic rings. The topological polar surface area (TPSA) is 34.1 Å². The van der Waals surface area contributed by atoms with Crippen molar-refractivity contribution >= 4 is 18.1 Å². The fourth-order valence-corrected chi connectivity index (χ4v) is 1.46. The molecule has 0 saturated heterocycles. The number of Topliss-reactive ketones (excluding diaryl/α,β-unsaturated/α-hetero) is 1. The first kappa shape index (κ1) is 7.92. The summed E-state index contributed by atoms with van der Waals surface area (Å²) in [6.07, 6.45) is 2.62. The van der Waals surface area contributed by atoms with Gasteiger partial charge >= 0.3 is 0 Å². The average Bonchev–Trinajstić information content (AvgIpc) is 2.17. The number of aldehydes is 1. The van der Waals surface area contributed by atoms with Crippen molar-refractivity contribution in [1.29, 1.82) is 0 Å². The van der Waals surface area contributed by atoms with Gasteiger partial charge in [-0.1, -0.05) is 24.3 Å². The predicted octanol–water partition coefficient (Wildman–Crippen LogP) is 1.39. The Balaban J connectivity index is 2.56. The van der Waals surface area contributed by atoms with Crippen LogP contribution in [0.4, 0.5) is 0 Å². The second kappa shape index (κ2) is 2.98. The quantitative estimate of drug-likeness (QED) is 0.474. The molecule has 0 amide bonds. The molecule has 0 N–H and O–H groups in total. The van der Waals surface area contributed by atoms with Crippen molar-refractivity contribution in [2.24, 2.45) is 0 Å². The molecule has 0 heterocycles. The number of carbonyl (C=O) groups is 2. The number of benzene rings is 1. The van der Waals surface area contributed by atoms with E-state index in [2.05, 4.69) is 0 Å². The molecule has 0 fully saturated rings. The lowest BCUT2D eigenvalue weighted by atomic mass is 9.92. The SMILES string of the molecule is O=CC1=Cc2ccccc2CC1=O. The highest BCUT2D eigenvalue weighted by molar-refractivity contribution is 6.17. The van der Waals surface area contributed by atoms with E-state index in [4.69, 9.17) is 0 Å². The first-order valence-electron chi connectivity index (χ1n) is 4.09. The maximum Gasteiger partial charge on any atom is 0.170 e. The predicted molar refractivity (Wildman–Crippen MR) is 49.2 cm³/mol. The number of hydrogen-bond acceptors (Lipinski definition) is 2. The minimum atomic E-state index is -0.0892. The molecule has 0 radical (unpaired) electrons. The molecule has 64 valence electrons. The van der Waals surface area contributed by atoms with Crippen molar-refractivity contribution in [3.8, 4) is 0 Å². The largest absolute Gasteiger partial charge is 0.298 e. The lowest BCUT2D eigenvalue weighted by molar-refractivity contribution is -0.117. The lowest BCUT2D eigenvalue weighted by Crippen LogP contribution is -2.12. The second-order valence-electron chi connectivity index (χ2n) is 3.02. The molecule has 13 heavy (non-hydrogen) atoms. The molecule has 0 atom stereocenters. The third-order valence-electron chi connectivity index (χ3n) is 2.17. The van der Waals surface area contributed by atoms with Crippen LogP contribution in [-0.4, -0.2) is 12.1 Å². The molecule has 0 aromatic heterocycles. The highest BCUT2D eigenvalue weighted by Gasteiger charge is 2.16. The third kappa shape index (κ3) is 1.31. The summed E-state index contributed by atoms with van der Waals surface area (Å²) in [5, 5.41) is 0. The van der Waals surface area contributed by atoms with Crippen LogP contribution in [0.2, 0.25) is 0 Å². The molecule has 2 heteroatoms. The number of rotatable bonds is 1. The Hall–Kier alpha value is -1.70. The Bertz CT molecular complexity index is 402. The Morgan fingerprint density at radius 3 is 2.77 bits per heavy atom. The monoisotopic (exact) mass is 172 g/mol. The molecule has 1 aliphatic rings. The van der Waals surface area contributed by atoms with Crippen LogP contribution in [0.1, 0.15) is 11.1 Å². The lowest BCUT2D eigenvalue weighted by Gasteiger charge is -2.10. The van der Waals surface area contributed by atoms with Crippen molar-refractivity contribution in [2.45, 2.75) is 6.42 Å². The summed E-state index contributed by atoms with van der Waals surface area (Å²) in [5.74, 6) is -0.0892. The van der Waals surface area contributed by atoms with Gasteiger partial charge in [0.2, 0.25) is 0 Å². The Morgan fingerprint density at radius 1 is 1.23 bits per heavy atom. The molecule has 2 rings (SSSR count). The van der Waals surface area contributed by atoms with Gasteiger partial charge < -0.3 is 0 Å². The Morgan fingerprint density at radius 2 is 2.00 bits per heavy atom. The van der Waals surface area contributed by atoms with E-state index in [1.807, 2.05) is 24.3 Å². The molecule has 2 nitrogen and oxygen atoms in total. The van der Waals surface area contributed by atoms with Gasteiger partial charge in [-0.25, -0.2) is 0 Å². The van der Waals surface area contributed by atoms with Crippen molar-refractivity contribution in [2.75, 3.05) is 0 Å². The Kier molecular flexibility index (Phi) is 1.81. The zero-order valence-corrected chi connectivity index (χ0v) is 6.99. The van der Waals surface area contributed by atoms with Crippen LogP contribution in [0.25, 0.3) is 6.08 Å². The van der Waals surface area contributed by atoms with E-state index in [1.54, 1.807) is 6.08 Å². The van der Waals surface area contributed by atoms with Crippen LogP contribution in [0.3, 0.4) is 0 Å². The zero-order valence-electron chi connectivity index (χ0n) is 6.99. The van der Waals surface area contributed by atoms with E-state index in [9.17, 15) is 9.59 Å². The maximum atomic E-state index is 11.3.